The van der Waals surface area contributed by atoms with E-state index in [1.165, 1.54) is 11.3 Å². The van der Waals surface area contributed by atoms with Crippen molar-refractivity contribution < 1.29 is 14.3 Å². The number of hydrogen-bond donors (Lipinski definition) is 0. The van der Waals surface area contributed by atoms with Gasteiger partial charge in [-0.25, -0.2) is 4.98 Å². The highest BCUT2D eigenvalue weighted by atomic mass is 32.1. The molecule has 0 aliphatic heterocycles. The maximum Gasteiger partial charge on any atom is 0.315 e. The summed E-state index contributed by atoms with van der Waals surface area (Å²) in [5, 5.41) is 0.809. The van der Waals surface area contributed by atoms with E-state index in [0.717, 1.165) is 21.0 Å². The summed E-state index contributed by atoms with van der Waals surface area (Å²) in [4.78, 5) is 16.4. The van der Waals surface area contributed by atoms with E-state index in [4.69, 9.17) is 9.47 Å². The molecule has 19 heavy (non-hydrogen) atoms. The number of hydrogen-bond acceptors (Lipinski definition) is 5. The van der Waals surface area contributed by atoms with Crippen molar-refractivity contribution in [2.75, 3.05) is 13.7 Å². The second kappa shape index (κ2) is 6.02. The lowest BCUT2D eigenvalue weighted by atomic mass is 10.1. The van der Waals surface area contributed by atoms with Crippen LogP contribution in [0.5, 0.6) is 5.75 Å². The second-order valence-corrected chi connectivity index (χ2v) is 5.16. The highest BCUT2D eigenvalue weighted by Gasteiger charge is 2.23. The van der Waals surface area contributed by atoms with Gasteiger partial charge in [0.1, 0.15) is 16.7 Å². The molecule has 1 aromatic carbocycles. The Morgan fingerprint density at radius 2 is 2.21 bits per heavy atom. The smallest absolute Gasteiger partial charge is 0.315 e. The van der Waals surface area contributed by atoms with E-state index < -0.39 is 0 Å². The molecule has 1 aromatic heterocycles. The van der Waals surface area contributed by atoms with Gasteiger partial charge in [-0.1, -0.05) is 6.92 Å². The summed E-state index contributed by atoms with van der Waals surface area (Å²) in [6.07, 6.45) is 0.690. The summed E-state index contributed by atoms with van der Waals surface area (Å²) in [7, 11) is 1.64. The van der Waals surface area contributed by atoms with E-state index in [2.05, 4.69) is 4.98 Å². The maximum absolute atomic E-state index is 11.9. The number of fused-ring (bicyclic) bond motifs is 1. The van der Waals surface area contributed by atoms with Gasteiger partial charge in [-0.2, -0.15) is 0 Å². The third kappa shape index (κ3) is 2.87. The van der Waals surface area contributed by atoms with Crippen molar-refractivity contribution >= 4 is 27.5 Å². The molecule has 0 spiro atoms. The van der Waals surface area contributed by atoms with Crippen LogP contribution in [-0.4, -0.2) is 24.7 Å². The number of methoxy groups -OCH3 is 1. The summed E-state index contributed by atoms with van der Waals surface area (Å²) in [5.74, 6) is 0.325. The highest BCUT2D eigenvalue weighted by Crippen LogP contribution is 2.32. The molecule has 1 heterocycles. The van der Waals surface area contributed by atoms with Crippen LogP contribution < -0.4 is 4.74 Å². The van der Waals surface area contributed by atoms with Crippen LogP contribution in [0.25, 0.3) is 10.2 Å². The standard InChI is InChI=1S/C14H17NO3S/c1-4-10(14(16)18-5-2)13-15-11-7-6-9(17-3)8-12(11)19-13/h6-8,10H,4-5H2,1-3H3. The molecule has 0 aliphatic carbocycles. The molecule has 4 nitrogen and oxygen atoms in total. The molecule has 102 valence electrons. The number of esters is 1. The lowest BCUT2D eigenvalue weighted by molar-refractivity contribution is -0.145. The third-order valence-electron chi connectivity index (χ3n) is 2.89. The SMILES string of the molecule is CCOC(=O)C(CC)c1nc2ccc(OC)cc2s1. The monoisotopic (exact) mass is 279 g/mol. The van der Waals surface area contributed by atoms with E-state index in [1.54, 1.807) is 7.11 Å². The van der Waals surface area contributed by atoms with Gasteiger partial charge in [0, 0.05) is 0 Å². The fourth-order valence-corrected chi connectivity index (χ4v) is 3.05. The van der Waals surface area contributed by atoms with Crippen molar-refractivity contribution in [3.8, 4) is 5.75 Å². The Morgan fingerprint density at radius 3 is 2.84 bits per heavy atom. The minimum Gasteiger partial charge on any atom is -0.497 e. The molecule has 0 fully saturated rings. The van der Waals surface area contributed by atoms with Gasteiger partial charge < -0.3 is 9.47 Å². The molecule has 1 unspecified atom stereocenters. The molecule has 0 radical (unpaired) electrons. The van der Waals surface area contributed by atoms with Crippen molar-refractivity contribution in [3.63, 3.8) is 0 Å². The van der Waals surface area contributed by atoms with E-state index in [9.17, 15) is 4.79 Å². The summed E-state index contributed by atoms with van der Waals surface area (Å²) in [6.45, 7) is 4.18. The summed E-state index contributed by atoms with van der Waals surface area (Å²) in [5.41, 5.74) is 0.892. The molecule has 5 heteroatoms. The Labute approximate surface area is 116 Å². The highest BCUT2D eigenvalue weighted by molar-refractivity contribution is 7.18. The number of rotatable bonds is 5. The Balaban J connectivity index is 2.35. The molecule has 2 rings (SSSR count). The molecule has 0 saturated carbocycles. The van der Waals surface area contributed by atoms with Crippen molar-refractivity contribution in [3.05, 3.63) is 23.2 Å². The normalized spacial score (nSPS) is 12.4. The lowest BCUT2D eigenvalue weighted by Crippen LogP contribution is -2.14. The fraction of sp³-hybridized carbons (Fsp3) is 0.429. The molecular weight excluding hydrogens is 262 g/mol. The predicted molar refractivity (Wildman–Crippen MR) is 75.8 cm³/mol. The molecule has 0 N–H and O–H groups in total. The van der Waals surface area contributed by atoms with Gasteiger partial charge >= 0.3 is 5.97 Å². The molecular formula is C14H17NO3S. The number of nitrogens with zero attached hydrogens (tertiary/aromatic N) is 1. The van der Waals surface area contributed by atoms with Crippen molar-refractivity contribution in [2.45, 2.75) is 26.2 Å². The fourth-order valence-electron chi connectivity index (χ4n) is 1.88. The van der Waals surface area contributed by atoms with Crippen LogP contribution in [0.1, 0.15) is 31.2 Å². The largest absolute Gasteiger partial charge is 0.497 e. The number of thiazole rings is 1. The first-order valence-corrected chi connectivity index (χ1v) is 7.12. The zero-order valence-electron chi connectivity index (χ0n) is 11.3. The van der Waals surface area contributed by atoms with E-state index in [-0.39, 0.29) is 11.9 Å². The zero-order chi connectivity index (χ0) is 13.8. The first kappa shape index (κ1) is 13.8. The Morgan fingerprint density at radius 1 is 1.42 bits per heavy atom. The van der Waals surface area contributed by atoms with E-state index >= 15 is 0 Å². The van der Waals surface area contributed by atoms with Crippen molar-refractivity contribution in [1.29, 1.82) is 0 Å². The number of carbonyl (C=O) groups excluding carboxylic acids is 1. The average molecular weight is 279 g/mol. The summed E-state index contributed by atoms with van der Waals surface area (Å²) >= 11 is 1.52. The van der Waals surface area contributed by atoms with E-state index in [0.29, 0.717) is 13.0 Å². The molecule has 0 aliphatic rings. The van der Waals surface area contributed by atoms with Gasteiger partial charge in [-0.15, -0.1) is 11.3 Å². The Hall–Kier alpha value is -1.62. The molecule has 0 amide bonds. The Bertz CT molecular complexity index is 579. The van der Waals surface area contributed by atoms with Gasteiger partial charge in [0.25, 0.3) is 0 Å². The Kier molecular flexibility index (Phi) is 4.37. The van der Waals surface area contributed by atoms with Crippen molar-refractivity contribution in [2.24, 2.45) is 0 Å². The average Bonchev–Trinajstić information content (AvgIpc) is 2.82. The second-order valence-electron chi connectivity index (χ2n) is 4.10. The number of carbonyl (C=O) groups is 1. The van der Waals surface area contributed by atoms with Gasteiger partial charge in [0.15, 0.2) is 0 Å². The van der Waals surface area contributed by atoms with Crippen LogP contribution in [0.4, 0.5) is 0 Å². The summed E-state index contributed by atoms with van der Waals surface area (Å²) in [6, 6.07) is 5.72. The van der Waals surface area contributed by atoms with Crippen LogP contribution >= 0.6 is 11.3 Å². The van der Waals surface area contributed by atoms with Gasteiger partial charge in [-0.3, -0.25) is 4.79 Å². The van der Waals surface area contributed by atoms with Crippen LogP contribution in [0, 0.1) is 0 Å². The van der Waals surface area contributed by atoms with Crippen LogP contribution in [0.3, 0.4) is 0 Å². The van der Waals surface area contributed by atoms with Crippen LogP contribution in [-0.2, 0) is 9.53 Å². The minimum absolute atomic E-state index is 0.198. The minimum atomic E-state index is -0.275. The number of benzene rings is 1. The molecule has 2 aromatic rings. The molecule has 0 bridgehead atoms. The number of aromatic nitrogens is 1. The van der Waals surface area contributed by atoms with Crippen molar-refractivity contribution in [1.82, 2.24) is 4.98 Å². The topological polar surface area (TPSA) is 48.4 Å². The zero-order valence-corrected chi connectivity index (χ0v) is 12.1. The van der Waals surface area contributed by atoms with Crippen LogP contribution in [0.2, 0.25) is 0 Å². The third-order valence-corrected chi connectivity index (χ3v) is 4.02. The first-order chi connectivity index (χ1) is 9.19. The number of ether oxygens (including phenoxy) is 2. The molecule has 1 atom stereocenters. The van der Waals surface area contributed by atoms with Gasteiger partial charge in [-0.05, 0) is 31.5 Å². The molecule has 0 saturated heterocycles. The lowest BCUT2D eigenvalue weighted by Gasteiger charge is -2.09. The maximum atomic E-state index is 11.9. The first-order valence-electron chi connectivity index (χ1n) is 6.30. The van der Waals surface area contributed by atoms with Gasteiger partial charge in [0.05, 0.1) is 23.9 Å². The van der Waals surface area contributed by atoms with Crippen LogP contribution in [0.15, 0.2) is 18.2 Å². The summed E-state index contributed by atoms with van der Waals surface area (Å²) < 4.78 is 11.3. The van der Waals surface area contributed by atoms with Gasteiger partial charge in [0.2, 0.25) is 0 Å². The quantitative estimate of drug-likeness (QED) is 0.787. The van der Waals surface area contributed by atoms with E-state index in [1.807, 2.05) is 32.0 Å². The predicted octanol–water partition coefficient (Wildman–Crippen LogP) is 3.36.